The number of amides is 1. The largest absolute Gasteiger partial charge is 0.481 e. The van der Waals surface area contributed by atoms with Gasteiger partial charge in [-0.15, -0.1) is 0 Å². The van der Waals surface area contributed by atoms with Gasteiger partial charge in [-0.1, -0.05) is 32.6 Å². The molecule has 122 valence electrons. The maximum absolute atomic E-state index is 11.9. The van der Waals surface area contributed by atoms with E-state index in [9.17, 15) is 14.7 Å². The maximum atomic E-state index is 11.9. The molecule has 0 saturated heterocycles. The van der Waals surface area contributed by atoms with Crippen molar-refractivity contribution < 1.29 is 19.4 Å². The molecule has 0 aliphatic heterocycles. The van der Waals surface area contributed by atoms with E-state index in [2.05, 4.69) is 12.2 Å². The second-order valence-corrected chi connectivity index (χ2v) is 5.99. The number of carboxylic acids is 1. The molecule has 5 nitrogen and oxygen atoms in total. The van der Waals surface area contributed by atoms with Gasteiger partial charge in [0.25, 0.3) is 0 Å². The topological polar surface area (TPSA) is 75.6 Å². The normalized spacial score (nSPS) is 17.4. The highest BCUT2D eigenvalue weighted by molar-refractivity contribution is 5.85. The molecule has 0 atom stereocenters. The molecule has 2 N–H and O–H groups in total. The van der Waals surface area contributed by atoms with E-state index >= 15 is 0 Å². The molecular weight excluding hydrogens is 270 g/mol. The molecule has 1 fully saturated rings. The fourth-order valence-corrected chi connectivity index (χ4v) is 2.82. The summed E-state index contributed by atoms with van der Waals surface area (Å²) in [6.07, 6.45) is 7.20. The maximum Gasteiger partial charge on any atom is 0.310 e. The van der Waals surface area contributed by atoms with Crippen LogP contribution >= 0.6 is 0 Å². The summed E-state index contributed by atoms with van der Waals surface area (Å²) < 4.78 is 5.42. The van der Waals surface area contributed by atoms with E-state index in [1.54, 1.807) is 0 Å². The number of aliphatic carboxylic acids is 1. The number of hydrogen-bond donors (Lipinski definition) is 2. The molecule has 0 aromatic rings. The number of carbonyl (C=O) groups excluding carboxylic acids is 1. The molecule has 0 heterocycles. The van der Waals surface area contributed by atoms with Crippen LogP contribution in [0.4, 0.5) is 0 Å². The lowest BCUT2D eigenvalue weighted by atomic mass is 9.71. The van der Waals surface area contributed by atoms with Gasteiger partial charge in [0.15, 0.2) is 0 Å². The number of carbonyl (C=O) groups is 2. The zero-order valence-corrected chi connectivity index (χ0v) is 13.2. The third-order valence-electron chi connectivity index (χ3n) is 4.19. The minimum Gasteiger partial charge on any atom is -0.481 e. The quantitative estimate of drug-likeness (QED) is 0.608. The minimum atomic E-state index is -0.833. The molecule has 0 radical (unpaired) electrons. The lowest BCUT2D eigenvalue weighted by Crippen LogP contribution is -2.39. The Morgan fingerprint density at radius 1 is 1.14 bits per heavy atom. The Morgan fingerprint density at radius 3 is 2.43 bits per heavy atom. The molecule has 0 aromatic heterocycles. The molecule has 21 heavy (non-hydrogen) atoms. The summed E-state index contributed by atoms with van der Waals surface area (Å²) in [5.41, 5.74) is -0.833. The van der Waals surface area contributed by atoms with Gasteiger partial charge in [0.1, 0.15) is 0 Å². The van der Waals surface area contributed by atoms with E-state index in [1.807, 2.05) is 0 Å². The predicted octanol–water partition coefficient (Wildman–Crippen LogP) is 2.73. The zero-order chi connectivity index (χ0) is 15.6. The van der Waals surface area contributed by atoms with Gasteiger partial charge in [-0.3, -0.25) is 9.59 Å². The summed E-state index contributed by atoms with van der Waals surface area (Å²) in [6, 6.07) is 0. The fraction of sp³-hybridized carbons (Fsp3) is 0.875. The average molecular weight is 299 g/mol. The van der Waals surface area contributed by atoms with Crippen molar-refractivity contribution in [2.45, 2.75) is 64.7 Å². The van der Waals surface area contributed by atoms with Crippen LogP contribution in [0.2, 0.25) is 0 Å². The summed E-state index contributed by atoms with van der Waals surface area (Å²) in [5.74, 6) is -0.965. The molecule has 1 saturated carbocycles. The fourth-order valence-electron chi connectivity index (χ4n) is 2.82. The molecule has 1 rings (SSSR count). The lowest BCUT2D eigenvalue weighted by Gasteiger charge is -2.32. The predicted molar refractivity (Wildman–Crippen MR) is 81.1 cm³/mol. The molecule has 0 unspecified atom stereocenters. The van der Waals surface area contributed by atoms with E-state index < -0.39 is 11.4 Å². The van der Waals surface area contributed by atoms with Crippen molar-refractivity contribution in [1.82, 2.24) is 5.32 Å². The lowest BCUT2D eigenvalue weighted by molar-refractivity contribution is -0.154. The summed E-state index contributed by atoms with van der Waals surface area (Å²) in [7, 11) is 0. The highest BCUT2D eigenvalue weighted by Gasteiger charge is 2.41. The molecule has 0 spiro atoms. The van der Waals surface area contributed by atoms with Crippen LogP contribution in [0.25, 0.3) is 0 Å². The van der Waals surface area contributed by atoms with Crippen molar-refractivity contribution in [3.63, 3.8) is 0 Å². The number of unbranched alkanes of at least 4 members (excludes halogenated alkanes) is 1. The Hall–Kier alpha value is -1.10. The molecule has 1 aliphatic carbocycles. The van der Waals surface area contributed by atoms with Crippen molar-refractivity contribution in [3.05, 3.63) is 0 Å². The zero-order valence-electron chi connectivity index (χ0n) is 13.2. The van der Waals surface area contributed by atoms with Crippen LogP contribution in [0.15, 0.2) is 0 Å². The molecule has 1 amide bonds. The number of ether oxygens (including phenoxy) is 1. The number of rotatable bonds is 10. The average Bonchev–Trinajstić information content (AvgIpc) is 2.47. The Labute approximate surface area is 127 Å². The van der Waals surface area contributed by atoms with Crippen molar-refractivity contribution in [3.8, 4) is 0 Å². The third kappa shape index (κ3) is 6.46. The third-order valence-corrected chi connectivity index (χ3v) is 4.19. The van der Waals surface area contributed by atoms with Crippen LogP contribution in [0.5, 0.6) is 0 Å². The van der Waals surface area contributed by atoms with E-state index in [0.29, 0.717) is 26.0 Å². The summed E-state index contributed by atoms with van der Waals surface area (Å²) in [4.78, 5) is 23.4. The van der Waals surface area contributed by atoms with Gasteiger partial charge in [0.2, 0.25) is 5.91 Å². The first-order valence-corrected chi connectivity index (χ1v) is 8.18. The number of carboxylic acid groups (broad SMARTS) is 1. The summed E-state index contributed by atoms with van der Waals surface area (Å²) in [6.45, 7) is 4.09. The van der Waals surface area contributed by atoms with E-state index in [-0.39, 0.29) is 12.3 Å². The SMILES string of the molecule is CCCCOCCCNC(=O)CC1(C(=O)O)CCCCC1. The molecule has 5 heteroatoms. The van der Waals surface area contributed by atoms with Gasteiger partial charge in [0.05, 0.1) is 5.41 Å². The molecule has 1 aliphatic rings. The summed E-state index contributed by atoms with van der Waals surface area (Å²) >= 11 is 0. The smallest absolute Gasteiger partial charge is 0.310 e. The highest BCUT2D eigenvalue weighted by atomic mass is 16.5. The Kier molecular flexibility index (Phi) is 8.35. The van der Waals surface area contributed by atoms with Crippen LogP contribution < -0.4 is 5.32 Å². The van der Waals surface area contributed by atoms with Gasteiger partial charge in [-0.05, 0) is 25.7 Å². The monoisotopic (exact) mass is 299 g/mol. The molecule has 0 bridgehead atoms. The Bertz CT molecular complexity index is 324. The van der Waals surface area contributed by atoms with Crippen molar-refractivity contribution in [2.24, 2.45) is 5.41 Å². The number of nitrogens with one attached hydrogen (secondary N) is 1. The van der Waals surface area contributed by atoms with Crippen LogP contribution in [-0.2, 0) is 14.3 Å². The van der Waals surface area contributed by atoms with Crippen LogP contribution in [0, 0.1) is 5.41 Å². The van der Waals surface area contributed by atoms with Gasteiger partial charge < -0.3 is 15.2 Å². The summed E-state index contributed by atoms with van der Waals surface area (Å²) in [5, 5.41) is 12.2. The molecule has 0 aromatic carbocycles. The first-order valence-electron chi connectivity index (χ1n) is 8.18. The van der Waals surface area contributed by atoms with Crippen molar-refractivity contribution in [1.29, 1.82) is 0 Å². The Balaban J connectivity index is 2.21. The second kappa shape index (κ2) is 9.77. The molecular formula is C16H29NO4. The van der Waals surface area contributed by atoms with Gasteiger partial charge in [-0.25, -0.2) is 0 Å². The van der Waals surface area contributed by atoms with Crippen molar-refractivity contribution >= 4 is 11.9 Å². The standard InChI is InChI=1S/C16H29NO4/c1-2-3-11-21-12-7-10-17-14(18)13-16(15(19)20)8-5-4-6-9-16/h2-13H2,1H3,(H,17,18)(H,19,20). The van der Waals surface area contributed by atoms with E-state index in [4.69, 9.17) is 4.74 Å². The van der Waals surface area contributed by atoms with E-state index in [1.165, 1.54) is 0 Å². The first kappa shape index (κ1) is 18.0. The highest BCUT2D eigenvalue weighted by Crippen LogP contribution is 2.39. The van der Waals surface area contributed by atoms with Crippen LogP contribution in [0.1, 0.15) is 64.7 Å². The second-order valence-electron chi connectivity index (χ2n) is 5.99. The van der Waals surface area contributed by atoms with Gasteiger partial charge >= 0.3 is 5.97 Å². The number of hydrogen-bond acceptors (Lipinski definition) is 3. The van der Waals surface area contributed by atoms with Gasteiger partial charge in [-0.2, -0.15) is 0 Å². The van der Waals surface area contributed by atoms with Crippen molar-refractivity contribution in [2.75, 3.05) is 19.8 Å². The first-order chi connectivity index (χ1) is 10.1. The van der Waals surface area contributed by atoms with Crippen LogP contribution in [-0.4, -0.2) is 36.7 Å². The van der Waals surface area contributed by atoms with Gasteiger partial charge in [0, 0.05) is 26.2 Å². The minimum absolute atomic E-state index is 0.110. The van der Waals surface area contributed by atoms with E-state index in [0.717, 1.165) is 45.1 Å². The van der Waals surface area contributed by atoms with Crippen LogP contribution in [0.3, 0.4) is 0 Å². The Morgan fingerprint density at radius 2 is 1.81 bits per heavy atom.